The van der Waals surface area contributed by atoms with Gasteiger partial charge in [-0.05, 0) is 103 Å². The molecule has 73 heavy (non-hydrogen) atoms. The fourth-order valence-electron chi connectivity index (χ4n) is 8.48. The van der Waals surface area contributed by atoms with Gasteiger partial charge in [-0.3, -0.25) is 14.4 Å². The summed E-state index contributed by atoms with van der Waals surface area (Å²) in [5.41, 5.74) is 0. The Hall–Kier alpha value is -3.67. The maximum Gasteiger partial charge on any atom is 0.306 e. The van der Waals surface area contributed by atoms with Gasteiger partial charge in [0, 0.05) is 19.3 Å². The molecule has 0 aromatic rings. The van der Waals surface area contributed by atoms with E-state index < -0.39 is 6.10 Å². The molecule has 0 aliphatic carbocycles. The zero-order valence-electron chi connectivity index (χ0n) is 47.9. The molecular formula is C67H114O6. The Balaban J connectivity index is 4.46. The van der Waals surface area contributed by atoms with Crippen LogP contribution in [0.15, 0.2) is 97.2 Å². The van der Waals surface area contributed by atoms with Gasteiger partial charge in [-0.2, -0.15) is 0 Å². The number of allylic oxidation sites excluding steroid dienone is 16. The highest BCUT2D eigenvalue weighted by Crippen LogP contribution is 2.16. The van der Waals surface area contributed by atoms with Gasteiger partial charge >= 0.3 is 17.9 Å². The van der Waals surface area contributed by atoms with E-state index in [0.717, 1.165) is 116 Å². The summed E-state index contributed by atoms with van der Waals surface area (Å²) in [6.45, 7) is 6.50. The highest BCUT2D eigenvalue weighted by Gasteiger charge is 2.19. The molecule has 6 nitrogen and oxygen atoms in total. The largest absolute Gasteiger partial charge is 0.462 e. The fourth-order valence-corrected chi connectivity index (χ4v) is 8.48. The first-order valence-electron chi connectivity index (χ1n) is 30.7. The minimum absolute atomic E-state index is 0.0937. The summed E-state index contributed by atoms with van der Waals surface area (Å²) in [7, 11) is 0. The standard InChI is InChI=1S/C67H114O6/c1-4-7-10-13-16-19-22-25-28-30-32-33-35-36-39-42-45-48-51-54-57-60-66(69)72-63-64(62-71-65(68)59-56-53-50-47-44-41-38-27-24-21-18-15-12-9-6-3)73-67(70)61-58-55-52-49-46-43-40-37-34-31-29-26-23-20-17-14-11-8-5-2/h8,11,17,20,22,25-26,29-30,32,34-37,43,46,64H,4-7,9-10,12-16,18-19,21,23-24,27-28,31,33,38-42,44-45,47-63H2,1-3H3/b11-8-,20-17-,25-22-,29-26-,32-30-,36-35-,37-34-,46-43-. The van der Waals surface area contributed by atoms with Crippen LogP contribution >= 0.6 is 0 Å². The van der Waals surface area contributed by atoms with Crippen molar-refractivity contribution in [2.24, 2.45) is 0 Å². The van der Waals surface area contributed by atoms with Crippen molar-refractivity contribution in [3.8, 4) is 0 Å². The van der Waals surface area contributed by atoms with Crippen LogP contribution in [0.3, 0.4) is 0 Å². The van der Waals surface area contributed by atoms with Crippen LogP contribution in [0.5, 0.6) is 0 Å². The van der Waals surface area contributed by atoms with Crippen molar-refractivity contribution >= 4 is 17.9 Å². The van der Waals surface area contributed by atoms with Crippen molar-refractivity contribution in [3.05, 3.63) is 97.2 Å². The Morgan fingerprint density at radius 1 is 0.288 bits per heavy atom. The van der Waals surface area contributed by atoms with Crippen LogP contribution in [0.2, 0.25) is 0 Å². The molecule has 1 atom stereocenters. The fraction of sp³-hybridized carbons (Fsp3) is 0.716. The van der Waals surface area contributed by atoms with Crippen molar-refractivity contribution in [1.82, 2.24) is 0 Å². The van der Waals surface area contributed by atoms with Gasteiger partial charge in [0.2, 0.25) is 0 Å². The lowest BCUT2D eigenvalue weighted by Gasteiger charge is -2.18. The maximum atomic E-state index is 12.9. The molecule has 0 fully saturated rings. The number of carbonyl (C=O) groups is 3. The first kappa shape index (κ1) is 69.3. The van der Waals surface area contributed by atoms with E-state index in [1.54, 1.807) is 0 Å². The summed E-state index contributed by atoms with van der Waals surface area (Å²) >= 11 is 0. The molecule has 0 spiro atoms. The molecule has 0 aliphatic rings. The number of unbranched alkanes of at least 4 members (excludes halogenated alkanes) is 28. The van der Waals surface area contributed by atoms with Crippen molar-refractivity contribution in [2.45, 2.75) is 297 Å². The lowest BCUT2D eigenvalue weighted by atomic mass is 10.0. The third-order valence-electron chi connectivity index (χ3n) is 13.1. The SMILES string of the molecule is CC/C=C\C/C=C\C/C=C\C/C=C\C/C=C\CCCCCC(=O)OC(COC(=O)CCCCCCCC/C=C\C/C=C\C/C=C\CCCCCCC)COC(=O)CCCCCCCCCCCCCCCCC. The number of esters is 3. The van der Waals surface area contributed by atoms with Gasteiger partial charge in [-0.15, -0.1) is 0 Å². The number of hydrogen-bond donors (Lipinski definition) is 0. The Morgan fingerprint density at radius 3 is 0.849 bits per heavy atom. The highest BCUT2D eigenvalue weighted by molar-refractivity contribution is 5.71. The van der Waals surface area contributed by atoms with Gasteiger partial charge < -0.3 is 14.2 Å². The molecule has 1 unspecified atom stereocenters. The smallest absolute Gasteiger partial charge is 0.306 e. The molecule has 0 heterocycles. The Kier molecular flexibility index (Phi) is 57.8. The van der Waals surface area contributed by atoms with Gasteiger partial charge in [0.15, 0.2) is 6.10 Å². The van der Waals surface area contributed by atoms with E-state index in [0.29, 0.717) is 12.8 Å². The van der Waals surface area contributed by atoms with E-state index in [2.05, 4.69) is 118 Å². The van der Waals surface area contributed by atoms with Crippen molar-refractivity contribution in [1.29, 1.82) is 0 Å². The summed E-state index contributed by atoms with van der Waals surface area (Å²) in [6.07, 6.45) is 81.1. The topological polar surface area (TPSA) is 78.9 Å². The summed E-state index contributed by atoms with van der Waals surface area (Å²) in [6, 6.07) is 0. The second-order valence-electron chi connectivity index (χ2n) is 20.2. The Morgan fingerprint density at radius 2 is 0.534 bits per heavy atom. The molecule has 0 amide bonds. The van der Waals surface area contributed by atoms with Gasteiger partial charge in [0.05, 0.1) is 0 Å². The Bertz CT molecular complexity index is 1440. The van der Waals surface area contributed by atoms with Crippen molar-refractivity contribution in [2.75, 3.05) is 13.2 Å². The first-order chi connectivity index (χ1) is 36.0. The quantitative estimate of drug-likeness (QED) is 0.0261. The van der Waals surface area contributed by atoms with Gasteiger partial charge in [-0.25, -0.2) is 0 Å². The van der Waals surface area contributed by atoms with Gasteiger partial charge in [-0.1, -0.05) is 266 Å². The molecule has 0 radical (unpaired) electrons. The minimum atomic E-state index is -0.801. The normalized spacial score (nSPS) is 12.8. The molecule has 0 aliphatic heterocycles. The average Bonchev–Trinajstić information content (AvgIpc) is 3.39. The highest BCUT2D eigenvalue weighted by atomic mass is 16.6. The van der Waals surface area contributed by atoms with E-state index >= 15 is 0 Å². The second-order valence-corrected chi connectivity index (χ2v) is 20.2. The van der Waals surface area contributed by atoms with Crippen LogP contribution in [0.1, 0.15) is 290 Å². The van der Waals surface area contributed by atoms with Crippen molar-refractivity contribution < 1.29 is 28.6 Å². The van der Waals surface area contributed by atoms with E-state index in [1.165, 1.54) is 135 Å². The average molecular weight is 1020 g/mol. The molecule has 0 saturated heterocycles. The van der Waals surface area contributed by atoms with Crippen LogP contribution < -0.4 is 0 Å². The Labute approximate surface area is 451 Å². The zero-order valence-corrected chi connectivity index (χ0v) is 47.9. The summed E-state index contributed by atoms with van der Waals surface area (Å²) in [4.78, 5) is 38.3. The van der Waals surface area contributed by atoms with E-state index in [-0.39, 0.29) is 37.5 Å². The van der Waals surface area contributed by atoms with Crippen LogP contribution in [-0.4, -0.2) is 37.2 Å². The minimum Gasteiger partial charge on any atom is -0.462 e. The number of hydrogen-bond acceptors (Lipinski definition) is 6. The first-order valence-corrected chi connectivity index (χ1v) is 30.7. The van der Waals surface area contributed by atoms with Crippen LogP contribution in [0, 0.1) is 0 Å². The van der Waals surface area contributed by atoms with Crippen LogP contribution in [0.25, 0.3) is 0 Å². The van der Waals surface area contributed by atoms with Crippen molar-refractivity contribution in [3.63, 3.8) is 0 Å². The van der Waals surface area contributed by atoms with Gasteiger partial charge in [0.1, 0.15) is 13.2 Å². The molecule has 0 bridgehead atoms. The molecule has 6 heteroatoms. The summed E-state index contributed by atoms with van der Waals surface area (Å²) < 4.78 is 16.9. The number of rotatable bonds is 55. The van der Waals surface area contributed by atoms with Crippen LogP contribution in [-0.2, 0) is 28.6 Å². The number of ether oxygens (including phenoxy) is 3. The maximum absolute atomic E-state index is 12.9. The van der Waals surface area contributed by atoms with Gasteiger partial charge in [0.25, 0.3) is 0 Å². The lowest BCUT2D eigenvalue weighted by molar-refractivity contribution is -0.167. The zero-order chi connectivity index (χ0) is 52.9. The second kappa shape index (κ2) is 60.9. The predicted octanol–water partition coefficient (Wildman–Crippen LogP) is 20.9. The molecule has 0 N–H and O–H groups in total. The molecular weight excluding hydrogens is 901 g/mol. The molecule has 0 aromatic heterocycles. The molecule has 418 valence electrons. The summed E-state index contributed by atoms with van der Waals surface area (Å²) in [5, 5.41) is 0. The number of carbonyl (C=O) groups excluding carboxylic acids is 3. The summed E-state index contributed by atoms with van der Waals surface area (Å²) in [5.74, 6) is -0.931. The van der Waals surface area contributed by atoms with E-state index in [9.17, 15) is 14.4 Å². The lowest BCUT2D eigenvalue weighted by Crippen LogP contribution is -2.30. The predicted molar refractivity (Wildman–Crippen MR) is 316 cm³/mol. The molecule has 0 saturated carbocycles. The molecule has 0 aromatic carbocycles. The van der Waals surface area contributed by atoms with E-state index in [4.69, 9.17) is 14.2 Å². The third-order valence-corrected chi connectivity index (χ3v) is 13.1. The van der Waals surface area contributed by atoms with E-state index in [1.807, 2.05) is 0 Å². The third kappa shape index (κ3) is 59.1. The van der Waals surface area contributed by atoms with Crippen LogP contribution in [0.4, 0.5) is 0 Å². The monoisotopic (exact) mass is 1010 g/mol. The molecule has 0 rings (SSSR count).